The molecule has 1 N–H and O–H groups in total. The van der Waals surface area contributed by atoms with Crippen LogP contribution in [0, 0.1) is 0 Å². The van der Waals surface area contributed by atoms with E-state index in [0.717, 1.165) is 12.1 Å². The number of aromatic nitrogens is 2. The summed E-state index contributed by atoms with van der Waals surface area (Å²) >= 11 is 0. The fourth-order valence-corrected chi connectivity index (χ4v) is 1.93. The lowest BCUT2D eigenvalue weighted by atomic mass is 10.0. The number of nitrogens with one attached hydrogen (secondary N) is 1. The lowest BCUT2D eigenvalue weighted by Crippen LogP contribution is -2.19. The second kappa shape index (κ2) is 8.01. The van der Waals surface area contributed by atoms with Crippen LogP contribution in [0.1, 0.15) is 50.8 Å². The largest absolute Gasteiger partial charge is 0.480 e. The van der Waals surface area contributed by atoms with E-state index in [2.05, 4.69) is 22.2 Å². The van der Waals surface area contributed by atoms with E-state index in [4.69, 9.17) is 4.74 Å². The van der Waals surface area contributed by atoms with E-state index < -0.39 is 0 Å². The summed E-state index contributed by atoms with van der Waals surface area (Å²) in [5, 5.41) is 3.29. The van der Waals surface area contributed by atoms with Crippen molar-refractivity contribution >= 4 is 0 Å². The number of unbranched alkanes of at least 4 members (excludes halogenated alkanes) is 3. The van der Waals surface area contributed by atoms with Crippen molar-refractivity contribution in [2.45, 2.75) is 45.1 Å². The molecule has 0 amide bonds. The van der Waals surface area contributed by atoms with Gasteiger partial charge in [0.05, 0.1) is 13.2 Å². The molecule has 0 saturated carbocycles. The molecule has 0 fully saturated rings. The molecule has 1 aromatic rings. The molecule has 0 aliphatic heterocycles. The fourth-order valence-electron chi connectivity index (χ4n) is 1.93. The molecule has 96 valence electrons. The van der Waals surface area contributed by atoms with Crippen LogP contribution in [-0.2, 0) is 0 Å². The first-order valence-corrected chi connectivity index (χ1v) is 6.35. The van der Waals surface area contributed by atoms with E-state index in [0.29, 0.717) is 5.88 Å². The molecule has 0 bridgehead atoms. The predicted molar refractivity (Wildman–Crippen MR) is 69.1 cm³/mol. The Morgan fingerprint density at radius 2 is 2.00 bits per heavy atom. The van der Waals surface area contributed by atoms with Crippen LogP contribution < -0.4 is 10.1 Å². The van der Waals surface area contributed by atoms with Gasteiger partial charge in [-0.15, -0.1) is 0 Å². The van der Waals surface area contributed by atoms with Gasteiger partial charge in [-0.3, -0.25) is 4.98 Å². The quantitative estimate of drug-likeness (QED) is 0.706. The first kappa shape index (κ1) is 13.9. The highest BCUT2D eigenvalue weighted by atomic mass is 16.5. The highest BCUT2D eigenvalue weighted by Gasteiger charge is 2.16. The van der Waals surface area contributed by atoms with Crippen LogP contribution >= 0.6 is 0 Å². The van der Waals surface area contributed by atoms with Gasteiger partial charge in [0.15, 0.2) is 0 Å². The SMILES string of the molecule is CCCCCCC(NC)c1nccnc1OC. The van der Waals surface area contributed by atoms with Gasteiger partial charge in [0, 0.05) is 12.4 Å². The van der Waals surface area contributed by atoms with Gasteiger partial charge in [-0.2, -0.15) is 0 Å². The molecule has 4 heteroatoms. The van der Waals surface area contributed by atoms with Gasteiger partial charge in [0.2, 0.25) is 5.88 Å². The summed E-state index contributed by atoms with van der Waals surface area (Å²) in [5.74, 6) is 0.627. The van der Waals surface area contributed by atoms with Crippen molar-refractivity contribution in [1.29, 1.82) is 0 Å². The summed E-state index contributed by atoms with van der Waals surface area (Å²) in [7, 11) is 3.59. The molecule has 0 radical (unpaired) electrons. The third-order valence-corrected chi connectivity index (χ3v) is 2.91. The highest BCUT2D eigenvalue weighted by molar-refractivity contribution is 5.20. The minimum Gasteiger partial charge on any atom is -0.480 e. The molecule has 0 aliphatic carbocycles. The van der Waals surface area contributed by atoms with Crippen molar-refractivity contribution in [1.82, 2.24) is 15.3 Å². The van der Waals surface area contributed by atoms with Crippen LogP contribution in [0.4, 0.5) is 0 Å². The van der Waals surface area contributed by atoms with E-state index in [1.165, 1.54) is 25.7 Å². The molecule has 1 unspecified atom stereocenters. The predicted octanol–water partition coefficient (Wildman–Crippen LogP) is 2.72. The molecule has 17 heavy (non-hydrogen) atoms. The maximum absolute atomic E-state index is 5.24. The highest BCUT2D eigenvalue weighted by Crippen LogP contribution is 2.24. The minimum atomic E-state index is 0.232. The fraction of sp³-hybridized carbons (Fsp3) is 0.692. The number of rotatable bonds is 8. The maximum Gasteiger partial charge on any atom is 0.236 e. The molecule has 1 rings (SSSR count). The van der Waals surface area contributed by atoms with Crippen molar-refractivity contribution in [3.8, 4) is 5.88 Å². The first-order valence-electron chi connectivity index (χ1n) is 6.35. The smallest absolute Gasteiger partial charge is 0.236 e. The van der Waals surface area contributed by atoms with E-state index >= 15 is 0 Å². The lowest BCUT2D eigenvalue weighted by Gasteiger charge is -2.17. The molecule has 1 atom stereocenters. The van der Waals surface area contributed by atoms with Crippen molar-refractivity contribution in [3.05, 3.63) is 18.1 Å². The summed E-state index contributed by atoms with van der Waals surface area (Å²) in [4.78, 5) is 8.56. The number of nitrogens with zero attached hydrogens (tertiary/aromatic N) is 2. The topological polar surface area (TPSA) is 47.0 Å². The van der Waals surface area contributed by atoms with Gasteiger partial charge in [-0.1, -0.05) is 32.6 Å². The standard InChI is InChI=1S/C13H23N3O/c1-4-5-6-7-8-11(14-2)12-13(17-3)16-10-9-15-12/h9-11,14H,4-8H2,1-3H3. The third-order valence-electron chi connectivity index (χ3n) is 2.91. The second-order valence-corrected chi connectivity index (χ2v) is 4.14. The average molecular weight is 237 g/mol. The van der Waals surface area contributed by atoms with Crippen LogP contribution in [0.25, 0.3) is 0 Å². The molecular formula is C13H23N3O. The van der Waals surface area contributed by atoms with Gasteiger partial charge in [0.25, 0.3) is 0 Å². The molecule has 1 aromatic heterocycles. The molecule has 0 spiro atoms. The molecular weight excluding hydrogens is 214 g/mol. The second-order valence-electron chi connectivity index (χ2n) is 4.14. The van der Waals surface area contributed by atoms with Gasteiger partial charge >= 0.3 is 0 Å². The zero-order chi connectivity index (χ0) is 12.5. The summed E-state index contributed by atoms with van der Waals surface area (Å²) in [6, 6.07) is 0.232. The normalized spacial score (nSPS) is 12.4. The monoisotopic (exact) mass is 237 g/mol. The first-order chi connectivity index (χ1) is 8.33. The van der Waals surface area contributed by atoms with Gasteiger partial charge < -0.3 is 10.1 Å². The number of methoxy groups -OCH3 is 1. The van der Waals surface area contributed by atoms with Gasteiger partial charge in [-0.05, 0) is 13.5 Å². The van der Waals surface area contributed by atoms with Gasteiger partial charge in [0.1, 0.15) is 5.69 Å². The minimum absolute atomic E-state index is 0.232. The Kier molecular flexibility index (Phi) is 6.55. The van der Waals surface area contributed by atoms with E-state index in [-0.39, 0.29) is 6.04 Å². The Morgan fingerprint density at radius 1 is 1.24 bits per heavy atom. The third kappa shape index (κ3) is 4.30. The molecule has 0 saturated heterocycles. The number of hydrogen-bond acceptors (Lipinski definition) is 4. The summed E-state index contributed by atoms with van der Waals surface area (Å²) in [6.07, 6.45) is 9.50. The summed E-state index contributed by atoms with van der Waals surface area (Å²) in [5.41, 5.74) is 0.911. The zero-order valence-electron chi connectivity index (χ0n) is 11.1. The molecule has 4 nitrogen and oxygen atoms in total. The molecule has 1 heterocycles. The van der Waals surface area contributed by atoms with Crippen LogP contribution in [0.5, 0.6) is 5.88 Å². The maximum atomic E-state index is 5.24. The van der Waals surface area contributed by atoms with E-state index in [9.17, 15) is 0 Å². The van der Waals surface area contributed by atoms with Crippen LogP contribution in [-0.4, -0.2) is 24.1 Å². The van der Waals surface area contributed by atoms with E-state index in [1.807, 2.05) is 7.05 Å². The van der Waals surface area contributed by atoms with Crippen LogP contribution in [0.15, 0.2) is 12.4 Å². The Bertz CT molecular complexity index is 317. The molecule has 0 aliphatic rings. The number of hydrogen-bond donors (Lipinski definition) is 1. The van der Waals surface area contributed by atoms with E-state index in [1.54, 1.807) is 19.5 Å². The zero-order valence-corrected chi connectivity index (χ0v) is 11.1. The molecule has 0 aromatic carbocycles. The van der Waals surface area contributed by atoms with Crippen molar-refractivity contribution in [2.24, 2.45) is 0 Å². The Labute approximate surface area is 104 Å². The van der Waals surface area contributed by atoms with Gasteiger partial charge in [-0.25, -0.2) is 4.98 Å². The number of ether oxygens (including phenoxy) is 1. The summed E-state index contributed by atoms with van der Waals surface area (Å²) in [6.45, 7) is 2.22. The van der Waals surface area contributed by atoms with Crippen molar-refractivity contribution < 1.29 is 4.74 Å². The Morgan fingerprint density at radius 3 is 2.65 bits per heavy atom. The Hall–Kier alpha value is -1.16. The van der Waals surface area contributed by atoms with Crippen LogP contribution in [0.2, 0.25) is 0 Å². The van der Waals surface area contributed by atoms with Crippen molar-refractivity contribution in [3.63, 3.8) is 0 Å². The van der Waals surface area contributed by atoms with Crippen LogP contribution in [0.3, 0.4) is 0 Å². The summed E-state index contributed by atoms with van der Waals surface area (Å²) < 4.78 is 5.24. The Balaban J connectivity index is 2.59. The lowest BCUT2D eigenvalue weighted by molar-refractivity contribution is 0.374. The average Bonchev–Trinajstić information content (AvgIpc) is 2.39. The van der Waals surface area contributed by atoms with Crippen molar-refractivity contribution in [2.75, 3.05) is 14.2 Å².